The van der Waals surface area contributed by atoms with Crippen molar-refractivity contribution in [3.05, 3.63) is 0 Å². The normalized spacial score (nSPS) is 52.3. The summed E-state index contributed by atoms with van der Waals surface area (Å²) in [5, 5.41) is 9.89. The lowest BCUT2D eigenvalue weighted by Gasteiger charge is -2.70. The second kappa shape index (κ2) is 4.46. The van der Waals surface area contributed by atoms with Crippen LogP contribution < -0.4 is 5.73 Å². The largest absolute Gasteiger partial charge is 0.396 e. The van der Waals surface area contributed by atoms with Crippen LogP contribution in [0.15, 0.2) is 0 Å². The lowest BCUT2D eigenvalue weighted by atomic mass is 9.45. The third-order valence-corrected chi connectivity index (χ3v) is 7.44. The molecule has 0 aromatic rings. The van der Waals surface area contributed by atoms with Crippen LogP contribution in [0.25, 0.3) is 0 Å². The van der Waals surface area contributed by atoms with Crippen LogP contribution in [0, 0.1) is 23.7 Å². The minimum atomic E-state index is -0.208. The van der Waals surface area contributed by atoms with Crippen molar-refractivity contribution in [1.82, 2.24) is 0 Å². The Morgan fingerprint density at radius 1 is 1.14 bits per heavy atom. The zero-order chi connectivity index (χ0) is 14.9. The predicted octanol–water partition coefficient (Wildman–Crippen LogP) is 2.85. The van der Waals surface area contributed by atoms with Crippen LogP contribution in [0.1, 0.15) is 65.2 Å². The van der Waals surface area contributed by atoms with Crippen molar-refractivity contribution in [2.24, 2.45) is 29.4 Å². The standard InChI is InChI=1S/C18H31NO2/c1-16(2)15-12-7-8-14(10-20)18(15,19)11-17(9-12,21-16)13-5-3-4-6-13/h12-15,20H,3-11,19H2,1-2H3. The fourth-order valence-corrected chi connectivity index (χ4v) is 7.04. The Morgan fingerprint density at radius 2 is 1.86 bits per heavy atom. The monoisotopic (exact) mass is 293 g/mol. The summed E-state index contributed by atoms with van der Waals surface area (Å²) in [5.74, 6) is 2.08. The molecule has 3 N–H and O–H groups in total. The molecule has 3 heteroatoms. The molecule has 5 rings (SSSR count). The second-order valence-corrected chi connectivity index (χ2v) is 8.94. The molecule has 120 valence electrons. The van der Waals surface area contributed by atoms with Gasteiger partial charge in [-0.15, -0.1) is 0 Å². The van der Waals surface area contributed by atoms with E-state index in [-0.39, 0.29) is 29.3 Å². The van der Waals surface area contributed by atoms with Gasteiger partial charge in [0.2, 0.25) is 0 Å². The quantitative estimate of drug-likeness (QED) is 0.823. The summed E-state index contributed by atoms with van der Waals surface area (Å²) in [6, 6.07) is 0. The molecule has 3 saturated carbocycles. The van der Waals surface area contributed by atoms with Crippen molar-refractivity contribution in [2.75, 3.05) is 6.61 Å². The van der Waals surface area contributed by atoms with E-state index in [0.29, 0.717) is 17.8 Å². The van der Waals surface area contributed by atoms with E-state index in [4.69, 9.17) is 10.5 Å². The van der Waals surface area contributed by atoms with Crippen LogP contribution >= 0.6 is 0 Å². The highest BCUT2D eigenvalue weighted by atomic mass is 16.5. The minimum Gasteiger partial charge on any atom is -0.396 e. The average Bonchev–Trinajstić information content (AvgIpc) is 2.90. The fourth-order valence-electron chi connectivity index (χ4n) is 7.04. The molecule has 5 unspecified atom stereocenters. The number of fused-ring (bicyclic) bond motifs is 1. The SMILES string of the molecule is CC1(C)OC2(C3CCCC3)CC3CCC(CO)C(N)(C2)C31. The molecule has 2 aliphatic heterocycles. The van der Waals surface area contributed by atoms with Crippen molar-refractivity contribution in [1.29, 1.82) is 0 Å². The first-order valence-electron chi connectivity index (χ1n) is 9.01. The number of aliphatic hydroxyl groups is 1. The molecule has 3 aliphatic carbocycles. The third-order valence-electron chi connectivity index (χ3n) is 7.44. The predicted molar refractivity (Wildman–Crippen MR) is 82.8 cm³/mol. The Bertz CT molecular complexity index is 431. The topological polar surface area (TPSA) is 55.5 Å². The first-order valence-corrected chi connectivity index (χ1v) is 9.01. The van der Waals surface area contributed by atoms with E-state index in [1.807, 2.05) is 0 Å². The van der Waals surface area contributed by atoms with Crippen molar-refractivity contribution < 1.29 is 9.84 Å². The molecule has 4 bridgehead atoms. The Balaban J connectivity index is 1.77. The van der Waals surface area contributed by atoms with Gasteiger partial charge in [0.05, 0.1) is 11.2 Å². The van der Waals surface area contributed by atoms with Gasteiger partial charge in [0.15, 0.2) is 0 Å². The van der Waals surface area contributed by atoms with Gasteiger partial charge in [-0.25, -0.2) is 0 Å². The van der Waals surface area contributed by atoms with Gasteiger partial charge in [0.1, 0.15) is 0 Å². The Kier molecular flexibility index (Phi) is 3.07. The van der Waals surface area contributed by atoms with Crippen LogP contribution in [0.5, 0.6) is 0 Å². The zero-order valence-electron chi connectivity index (χ0n) is 13.6. The van der Waals surface area contributed by atoms with Gasteiger partial charge in [-0.1, -0.05) is 12.8 Å². The van der Waals surface area contributed by atoms with Crippen LogP contribution in [0.3, 0.4) is 0 Å². The molecule has 21 heavy (non-hydrogen) atoms. The zero-order valence-corrected chi connectivity index (χ0v) is 13.6. The number of aliphatic hydroxyl groups excluding tert-OH is 1. The van der Waals surface area contributed by atoms with Gasteiger partial charge >= 0.3 is 0 Å². The highest BCUT2D eigenvalue weighted by Gasteiger charge is 2.69. The van der Waals surface area contributed by atoms with E-state index < -0.39 is 0 Å². The van der Waals surface area contributed by atoms with Gasteiger partial charge in [-0.2, -0.15) is 0 Å². The highest BCUT2D eigenvalue weighted by molar-refractivity contribution is 5.21. The van der Waals surface area contributed by atoms with Crippen molar-refractivity contribution >= 4 is 0 Å². The van der Waals surface area contributed by atoms with Gasteiger partial charge < -0.3 is 15.6 Å². The molecule has 2 heterocycles. The molecule has 5 atom stereocenters. The Hall–Kier alpha value is -0.120. The maximum Gasteiger partial charge on any atom is 0.0738 e. The lowest BCUT2D eigenvalue weighted by molar-refractivity contribution is -0.317. The summed E-state index contributed by atoms with van der Waals surface area (Å²) in [6.07, 6.45) is 9.88. The summed E-state index contributed by atoms with van der Waals surface area (Å²) < 4.78 is 6.78. The molecule has 0 radical (unpaired) electrons. The summed E-state index contributed by atoms with van der Waals surface area (Å²) in [6.45, 7) is 4.76. The smallest absolute Gasteiger partial charge is 0.0738 e. The molecule has 5 fully saturated rings. The summed E-state index contributed by atoms with van der Waals surface area (Å²) in [4.78, 5) is 0. The number of hydrogen-bond acceptors (Lipinski definition) is 3. The number of hydrogen-bond donors (Lipinski definition) is 2. The highest BCUT2D eigenvalue weighted by Crippen LogP contribution is 2.65. The number of ether oxygens (including phenoxy) is 1. The van der Waals surface area contributed by atoms with Gasteiger partial charge in [-0.05, 0) is 64.2 Å². The molecule has 0 aromatic heterocycles. The van der Waals surface area contributed by atoms with E-state index in [1.165, 1.54) is 38.5 Å². The summed E-state index contributed by atoms with van der Waals surface area (Å²) in [5.41, 5.74) is 6.69. The van der Waals surface area contributed by atoms with Crippen molar-refractivity contribution in [3.8, 4) is 0 Å². The van der Waals surface area contributed by atoms with Crippen LogP contribution in [0.4, 0.5) is 0 Å². The maximum absolute atomic E-state index is 9.89. The van der Waals surface area contributed by atoms with E-state index in [9.17, 15) is 5.11 Å². The van der Waals surface area contributed by atoms with E-state index >= 15 is 0 Å². The van der Waals surface area contributed by atoms with Gasteiger partial charge in [-0.3, -0.25) is 0 Å². The fraction of sp³-hybridized carbons (Fsp3) is 1.00. The molecule has 0 amide bonds. The lowest BCUT2D eigenvalue weighted by Crippen LogP contribution is -2.78. The summed E-state index contributed by atoms with van der Waals surface area (Å²) >= 11 is 0. The van der Waals surface area contributed by atoms with Crippen LogP contribution in [-0.4, -0.2) is 28.5 Å². The molecule has 5 aliphatic rings. The molecule has 3 nitrogen and oxygen atoms in total. The molecule has 0 aromatic carbocycles. The molecular formula is C18H31NO2. The number of rotatable bonds is 2. The number of nitrogens with two attached hydrogens (primary N) is 1. The maximum atomic E-state index is 9.89. The third kappa shape index (κ3) is 1.83. The van der Waals surface area contributed by atoms with Crippen molar-refractivity contribution in [2.45, 2.75) is 82.0 Å². The molecule has 0 spiro atoms. The van der Waals surface area contributed by atoms with Gasteiger partial charge in [0.25, 0.3) is 0 Å². The Morgan fingerprint density at radius 3 is 2.52 bits per heavy atom. The average molecular weight is 293 g/mol. The van der Waals surface area contributed by atoms with Crippen LogP contribution in [-0.2, 0) is 4.74 Å². The Labute approximate surface area is 128 Å². The van der Waals surface area contributed by atoms with E-state index in [1.54, 1.807) is 0 Å². The first kappa shape index (κ1) is 14.5. The van der Waals surface area contributed by atoms with Crippen molar-refractivity contribution in [3.63, 3.8) is 0 Å². The van der Waals surface area contributed by atoms with E-state index in [2.05, 4.69) is 13.8 Å². The molecule has 2 saturated heterocycles. The van der Waals surface area contributed by atoms with Crippen LogP contribution in [0.2, 0.25) is 0 Å². The van der Waals surface area contributed by atoms with Gasteiger partial charge in [0, 0.05) is 24.0 Å². The van der Waals surface area contributed by atoms with E-state index in [0.717, 1.165) is 12.8 Å². The first-order chi connectivity index (χ1) is 9.91. The second-order valence-electron chi connectivity index (χ2n) is 8.94. The minimum absolute atomic E-state index is 0.00199. The summed E-state index contributed by atoms with van der Waals surface area (Å²) in [7, 11) is 0. The molecular weight excluding hydrogens is 262 g/mol.